The molecule has 0 radical (unpaired) electrons. The molecule has 3 aromatic rings. The number of fused-ring (bicyclic) bond motifs is 1. The monoisotopic (exact) mass is 447 g/mol. The number of nitrogens with one attached hydrogen (secondary N) is 1. The molecule has 0 amide bonds. The van der Waals surface area contributed by atoms with Crippen LogP contribution in [0, 0.1) is 0 Å². The van der Waals surface area contributed by atoms with Crippen LogP contribution in [0.1, 0.15) is 25.3 Å². The van der Waals surface area contributed by atoms with Crippen LogP contribution < -0.4 is 4.72 Å². The first-order chi connectivity index (χ1) is 14.3. The van der Waals surface area contributed by atoms with Crippen molar-refractivity contribution in [2.45, 2.75) is 36.2 Å². The van der Waals surface area contributed by atoms with Crippen molar-refractivity contribution >= 4 is 30.9 Å². The first kappa shape index (κ1) is 21.8. The highest BCUT2D eigenvalue weighted by molar-refractivity contribution is 7.92. The SMILES string of the molecule is CCCCNS(=O)(=O)c1cc2ccc(CN=[N+]=[N-])cc2n1S(=O)(=O)c1ccccc1. The van der Waals surface area contributed by atoms with Gasteiger partial charge in [0.15, 0.2) is 5.03 Å². The van der Waals surface area contributed by atoms with E-state index in [9.17, 15) is 16.8 Å². The Labute approximate surface area is 175 Å². The maximum atomic E-state index is 13.4. The van der Waals surface area contributed by atoms with E-state index in [0.717, 1.165) is 10.4 Å². The Morgan fingerprint density at radius 1 is 1.07 bits per heavy atom. The molecule has 0 aliphatic carbocycles. The van der Waals surface area contributed by atoms with Crippen molar-refractivity contribution in [1.29, 1.82) is 0 Å². The summed E-state index contributed by atoms with van der Waals surface area (Å²) in [5.41, 5.74) is 9.31. The zero-order valence-electron chi connectivity index (χ0n) is 16.3. The Bertz CT molecular complexity index is 1310. The number of unbranched alkanes of at least 4 members (excludes halogenated alkanes) is 1. The zero-order valence-corrected chi connectivity index (χ0v) is 17.9. The smallest absolute Gasteiger partial charge is 0.221 e. The molecule has 3 rings (SSSR count). The van der Waals surface area contributed by atoms with E-state index in [4.69, 9.17) is 5.53 Å². The van der Waals surface area contributed by atoms with Crippen molar-refractivity contribution < 1.29 is 16.8 Å². The first-order valence-corrected chi connectivity index (χ1v) is 12.2. The van der Waals surface area contributed by atoms with Crippen LogP contribution in [-0.4, -0.2) is 27.4 Å². The molecule has 1 heterocycles. The van der Waals surface area contributed by atoms with Gasteiger partial charge in [0.25, 0.3) is 20.0 Å². The van der Waals surface area contributed by atoms with Crippen LogP contribution in [-0.2, 0) is 26.6 Å². The third-order valence-corrected chi connectivity index (χ3v) is 7.78. The van der Waals surface area contributed by atoms with E-state index in [1.165, 1.54) is 24.3 Å². The number of rotatable bonds is 9. The molecule has 0 atom stereocenters. The normalized spacial score (nSPS) is 12.0. The van der Waals surface area contributed by atoms with E-state index >= 15 is 0 Å². The van der Waals surface area contributed by atoms with E-state index in [1.54, 1.807) is 30.3 Å². The maximum absolute atomic E-state index is 13.4. The molecule has 0 fully saturated rings. The molecule has 2 aromatic carbocycles. The third-order valence-electron chi connectivity index (χ3n) is 4.49. The van der Waals surface area contributed by atoms with Crippen molar-refractivity contribution in [3.05, 3.63) is 70.6 Å². The third kappa shape index (κ3) is 4.34. The first-order valence-electron chi connectivity index (χ1n) is 9.27. The minimum absolute atomic E-state index is 0.0137. The minimum Gasteiger partial charge on any atom is -0.221 e. The van der Waals surface area contributed by atoms with E-state index in [-0.39, 0.29) is 28.5 Å². The highest BCUT2D eigenvalue weighted by atomic mass is 32.2. The average Bonchev–Trinajstić information content (AvgIpc) is 3.13. The van der Waals surface area contributed by atoms with Gasteiger partial charge >= 0.3 is 0 Å². The summed E-state index contributed by atoms with van der Waals surface area (Å²) in [6.07, 6.45) is 1.41. The van der Waals surface area contributed by atoms with E-state index in [1.807, 2.05) is 6.92 Å². The van der Waals surface area contributed by atoms with Gasteiger partial charge < -0.3 is 0 Å². The number of benzene rings is 2. The molecule has 1 N–H and O–H groups in total. The number of aromatic nitrogens is 1. The summed E-state index contributed by atoms with van der Waals surface area (Å²) in [5, 5.41) is 3.57. The lowest BCUT2D eigenvalue weighted by Crippen LogP contribution is -2.28. The van der Waals surface area contributed by atoms with E-state index < -0.39 is 20.0 Å². The number of nitrogens with zero attached hydrogens (tertiary/aromatic N) is 4. The number of hydrogen-bond acceptors (Lipinski definition) is 5. The Morgan fingerprint density at radius 2 is 1.80 bits per heavy atom. The molecule has 0 saturated heterocycles. The number of azide groups is 1. The largest absolute Gasteiger partial charge is 0.269 e. The summed E-state index contributed by atoms with van der Waals surface area (Å²) in [6.45, 7) is 2.14. The van der Waals surface area contributed by atoms with Crippen LogP contribution >= 0.6 is 0 Å². The highest BCUT2D eigenvalue weighted by Crippen LogP contribution is 2.29. The lowest BCUT2D eigenvalue weighted by atomic mass is 10.2. The van der Waals surface area contributed by atoms with Gasteiger partial charge in [0.05, 0.1) is 17.0 Å². The van der Waals surface area contributed by atoms with Crippen LogP contribution in [0.5, 0.6) is 0 Å². The molecular weight excluding hydrogens is 426 g/mol. The summed E-state index contributed by atoms with van der Waals surface area (Å²) < 4.78 is 56.1. The quantitative estimate of drug-likeness (QED) is 0.231. The zero-order chi connectivity index (χ0) is 21.8. The van der Waals surface area contributed by atoms with Crippen LogP contribution in [0.15, 0.2) is 69.6 Å². The summed E-state index contributed by atoms with van der Waals surface area (Å²) in [7, 11) is -8.30. The van der Waals surface area contributed by atoms with Crippen LogP contribution in [0.25, 0.3) is 21.3 Å². The maximum Gasteiger partial charge on any atom is 0.269 e. The summed E-state index contributed by atoms with van der Waals surface area (Å²) in [5.74, 6) is 0. The van der Waals surface area contributed by atoms with Gasteiger partial charge in [-0.2, -0.15) is 0 Å². The molecule has 158 valence electrons. The molecule has 30 heavy (non-hydrogen) atoms. The fourth-order valence-corrected chi connectivity index (χ4v) is 6.17. The van der Waals surface area contributed by atoms with Gasteiger partial charge in [0.2, 0.25) is 0 Å². The predicted molar refractivity (Wildman–Crippen MR) is 114 cm³/mol. The van der Waals surface area contributed by atoms with Crippen LogP contribution in [0.3, 0.4) is 0 Å². The fraction of sp³-hybridized carbons (Fsp3) is 0.263. The fourth-order valence-electron chi connectivity index (χ4n) is 3.00. The topological polar surface area (TPSA) is 134 Å². The second kappa shape index (κ2) is 8.88. The van der Waals surface area contributed by atoms with Crippen LogP contribution in [0.4, 0.5) is 0 Å². The lowest BCUT2D eigenvalue weighted by Gasteiger charge is -2.13. The highest BCUT2D eigenvalue weighted by Gasteiger charge is 2.29. The van der Waals surface area contributed by atoms with Gasteiger partial charge in [0, 0.05) is 16.8 Å². The Morgan fingerprint density at radius 3 is 2.47 bits per heavy atom. The molecule has 0 aliphatic heterocycles. The summed E-state index contributed by atoms with van der Waals surface area (Å²) in [4.78, 5) is 2.68. The van der Waals surface area contributed by atoms with Crippen molar-refractivity contribution in [2.75, 3.05) is 6.54 Å². The van der Waals surface area contributed by atoms with Gasteiger partial charge in [-0.05, 0) is 41.8 Å². The standard InChI is InChI=1S/C19H21N5O4S2/c1-2-3-11-22-29(25,26)19-13-16-10-9-15(14-21-23-20)12-18(16)24(19)30(27,28)17-7-5-4-6-8-17/h4-10,12-13,22H,2-3,11,14H2,1H3. The van der Waals surface area contributed by atoms with Crippen molar-refractivity contribution in [3.8, 4) is 0 Å². The molecule has 0 saturated carbocycles. The van der Waals surface area contributed by atoms with E-state index in [2.05, 4.69) is 14.7 Å². The minimum atomic E-state index is -4.21. The Balaban J connectivity index is 2.28. The number of hydrogen-bond donors (Lipinski definition) is 1. The van der Waals surface area contributed by atoms with Gasteiger partial charge in [0.1, 0.15) is 0 Å². The summed E-state index contributed by atoms with van der Waals surface area (Å²) >= 11 is 0. The molecule has 0 aliphatic rings. The van der Waals surface area contributed by atoms with Gasteiger partial charge in [-0.25, -0.2) is 25.5 Å². The summed E-state index contributed by atoms with van der Waals surface area (Å²) in [6, 6.07) is 13.8. The van der Waals surface area contributed by atoms with Crippen LogP contribution in [0.2, 0.25) is 0 Å². The Kier molecular flexibility index (Phi) is 6.47. The molecule has 0 unspecified atom stereocenters. The molecule has 11 heteroatoms. The predicted octanol–water partition coefficient (Wildman–Crippen LogP) is 3.77. The molecule has 1 aromatic heterocycles. The van der Waals surface area contributed by atoms with Gasteiger partial charge in [-0.1, -0.05) is 48.8 Å². The van der Waals surface area contributed by atoms with Crippen molar-refractivity contribution in [2.24, 2.45) is 5.11 Å². The van der Waals surface area contributed by atoms with Gasteiger partial charge in [-0.3, -0.25) is 0 Å². The molecular formula is C19H21N5O4S2. The van der Waals surface area contributed by atoms with Crippen molar-refractivity contribution in [1.82, 2.24) is 8.69 Å². The second-order valence-electron chi connectivity index (χ2n) is 6.60. The number of sulfonamides is 1. The van der Waals surface area contributed by atoms with Crippen molar-refractivity contribution in [3.63, 3.8) is 0 Å². The molecule has 0 spiro atoms. The molecule has 0 bridgehead atoms. The van der Waals surface area contributed by atoms with Gasteiger partial charge in [-0.15, -0.1) is 0 Å². The molecule has 9 nitrogen and oxygen atoms in total. The Hall–Kier alpha value is -2.85. The second-order valence-corrected chi connectivity index (χ2v) is 10.1. The lowest BCUT2D eigenvalue weighted by molar-refractivity contribution is 0.564. The average molecular weight is 448 g/mol. The van der Waals surface area contributed by atoms with E-state index in [0.29, 0.717) is 17.4 Å².